The van der Waals surface area contributed by atoms with Crippen molar-refractivity contribution in [3.63, 3.8) is 0 Å². The van der Waals surface area contributed by atoms with E-state index in [0.717, 1.165) is 5.25 Å². The van der Waals surface area contributed by atoms with Gasteiger partial charge in [0.25, 0.3) is 0 Å². The van der Waals surface area contributed by atoms with Crippen LogP contribution in [0.1, 0.15) is 12.8 Å². The topological polar surface area (TPSA) is 35.8 Å². The molecule has 0 unspecified atom stereocenters. The summed E-state index contributed by atoms with van der Waals surface area (Å²) >= 11 is 1.69. The molecule has 0 saturated heterocycles. The number of hydrogen-bond donors (Lipinski definition) is 1. The summed E-state index contributed by atoms with van der Waals surface area (Å²) in [7, 11) is 0. The number of nitrogens with one attached hydrogen (secondary N) is 1. The Kier molecular flexibility index (Phi) is 2.19. The normalized spacial score (nSPS) is 17.9. The molecule has 3 heteroatoms. The molecular formula is C5H8N2S. The molecule has 0 heterocycles. The lowest BCUT2D eigenvalue weighted by atomic mass is 10.8. The van der Waals surface area contributed by atoms with Crippen molar-refractivity contribution >= 4 is 11.9 Å². The highest BCUT2D eigenvalue weighted by molar-refractivity contribution is 7.98. The van der Waals surface area contributed by atoms with Gasteiger partial charge in [-0.3, -0.25) is 0 Å². The van der Waals surface area contributed by atoms with E-state index in [2.05, 4.69) is 4.72 Å². The molecule has 1 rings (SSSR count). The van der Waals surface area contributed by atoms with E-state index in [0.29, 0.717) is 6.54 Å². The first-order valence-corrected chi connectivity index (χ1v) is 3.57. The van der Waals surface area contributed by atoms with Crippen LogP contribution in [-0.2, 0) is 0 Å². The van der Waals surface area contributed by atoms with Gasteiger partial charge in [-0.15, -0.1) is 0 Å². The van der Waals surface area contributed by atoms with E-state index in [1.54, 1.807) is 11.9 Å². The zero-order valence-corrected chi connectivity index (χ0v) is 5.37. The Morgan fingerprint density at radius 2 is 2.50 bits per heavy atom. The molecular weight excluding hydrogens is 120 g/mol. The molecule has 0 radical (unpaired) electrons. The van der Waals surface area contributed by atoms with Crippen LogP contribution in [0.4, 0.5) is 0 Å². The van der Waals surface area contributed by atoms with E-state index >= 15 is 0 Å². The van der Waals surface area contributed by atoms with Gasteiger partial charge in [-0.2, -0.15) is 5.26 Å². The molecule has 0 aliphatic heterocycles. The Morgan fingerprint density at radius 1 is 1.75 bits per heavy atom. The molecule has 0 aromatic rings. The fourth-order valence-corrected chi connectivity index (χ4v) is 1.13. The number of nitrogens with zero attached hydrogens (tertiary/aromatic N) is 1. The Hall–Kier alpha value is -0.200. The Balaban J connectivity index is 1.83. The molecule has 1 aliphatic rings. The van der Waals surface area contributed by atoms with E-state index in [4.69, 9.17) is 5.26 Å². The number of hydrogen-bond acceptors (Lipinski definition) is 3. The van der Waals surface area contributed by atoms with Crippen LogP contribution in [0.15, 0.2) is 0 Å². The summed E-state index contributed by atoms with van der Waals surface area (Å²) < 4.78 is 2.95. The fourth-order valence-electron chi connectivity index (χ4n) is 0.378. The molecule has 44 valence electrons. The molecule has 0 aromatic heterocycles. The molecule has 0 aromatic carbocycles. The van der Waals surface area contributed by atoms with Crippen molar-refractivity contribution in [3.8, 4) is 6.07 Å². The predicted molar refractivity (Wildman–Crippen MR) is 34.2 cm³/mol. The zero-order valence-electron chi connectivity index (χ0n) is 4.55. The van der Waals surface area contributed by atoms with Gasteiger partial charge >= 0.3 is 0 Å². The third-order valence-corrected chi connectivity index (χ3v) is 2.04. The molecule has 1 N–H and O–H groups in total. The van der Waals surface area contributed by atoms with Crippen LogP contribution >= 0.6 is 11.9 Å². The Morgan fingerprint density at radius 3 is 3.00 bits per heavy atom. The lowest BCUT2D eigenvalue weighted by Crippen LogP contribution is -2.03. The van der Waals surface area contributed by atoms with Crippen molar-refractivity contribution in [3.05, 3.63) is 0 Å². The number of nitriles is 1. The lowest BCUT2D eigenvalue weighted by molar-refractivity contribution is 1.13. The summed E-state index contributed by atoms with van der Waals surface area (Å²) in [5.74, 6) is 0. The van der Waals surface area contributed by atoms with E-state index < -0.39 is 0 Å². The smallest absolute Gasteiger partial charge is 0.0931 e. The van der Waals surface area contributed by atoms with Crippen molar-refractivity contribution in [2.24, 2.45) is 0 Å². The molecule has 8 heavy (non-hydrogen) atoms. The van der Waals surface area contributed by atoms with Gasteiger partial charge in [0.1, 0.15) is 0 Å². The first-order chi connectivity index (χ1) is 3.93. The third kappa shape index (κ3) is 2.20. The van der Waals surface area contributed by atoms with Crippen molar-refractivity contribution in [2.75, 3.05) is 6.54 Å². The van der Waals surface area contributed by atoms with E-state index in [1.165, 1.54) is 12.8 Å². The molecule has 2 nitrogen and oxygen atoms in total. The van der Waals surface area contributed by atoms with Gasteiger partial charge in [0.2, 0.25) is 0 Å². The maximum atomic E-state index is 8.07. The molecule has 1 aliphatic carbocycles. The number of rotatable bonds is 3. The highest BCUT2D eigenvalue weighted by Gasteiger charge is 2.21. The maximum absolute atomic E-state index is 8.07. The fraction of sp³-hybridized carbons (Fsp3) is 0.800. The van der Waals surface area contributed by atoms with Crippen LogP contribution < -0.4 is 4.72 Å². The summed E-state index contributed by atoms with van der Waals surface area (Å²) in [6.45, 7) is 0.473. The van der Waals surface area contributed by atoms with Gasteiger partial charge in [0.15, 0.2) is 0 Å². The first kappa shape index (κ1) is 5.93. The van der Waals surface area contributed by atoms with Gasteiger partial charge in [0.05, 0.1) is 12.6 Å². The summed E-state index contributed by atoms with van der Waals surface area (Å²) in [4.78, 5) is 0. The van der Waals surface area contributed by atoms with Gasteiger partial charge in [-0.25, -0.2) is 4.72 Å². The lowest BCUT2D eigenvalue weighted by Gasteiger charge is -1.91. The van der Waals surface area contributed by atoms with Crippen molar-refractivity contribution in [2.45, 2.75) is 18.1 Å². The highest BCUT2D eigenvalue weighted by atomic mass is 32.2. The van der Waals surface area contributed by atoms with Crippen LogP contribution in [0.5, 0.6) is 0 Å². The Bertz CT molecular complexity index is 103. The summed E-state index contributed by atoms with van der Waals surface area (Å²) in [5.41, 5.74) is 0. The van der Waals surface area contributed by atoms with Crippen LogP contribution in [0.2, 0.25) is 0 Å². The second kappa shape index (κ2) is 2.95. The average Bonchev–Trinajstić information content (AvgIpc) is 2.51. The minimum absolute atomic E-state index is 0.473. The molecule has 0 spiro atoms. The second-order valence-corrected chi connectivity index (χ2v) is 2.99. The highest BCUT2D eigenvalue weighted by Crippen LogP contribution is 2.31. The van der Waals surface area contributed by atoms with Crippen molar-refractivity contribution in [1.82, 2.24) is 4.72 Å². The van der Waals surface area contributed by atoms with E-state index in [1.807, 2.05) is 6.07 Å². The minimum atomic E-state index is 0.473. The van der Waals surface area contributed by atoms with E-state index in [-0.39, 0.29) is 0 Å². The van der Waals surface area contributed by atoms with Crippen LogP contribution in [-0.4, -0.2) is 11.8 Å². The van der Waals surface area contributed by atoms with Gasteiger partial charge < -0.3 is 0 Å². The summed E-state index contributed by atoms with van der Waals surface area (Å²) in [6.07, 6.45) is 2.65. The summed E-state index contributed by atoms with van der Waals surface area (Å²) in [5, 5.41) is 8.88. The van der Waals surface area contributed by atoms with Gasteiger partial charge in [0, 0.05) is 5.25 Å². The SMILES string of the molecule is N#CCNSC1CC1. The average molecular weight is 128 g/mol. The van der Waals surface area contributed by atoms with Crippen LogP contribution in [0.3, 0.4) is 0 Å². The summed E-state index contributed by atoms with van der Waals surface area (Å²) in [6, 6.07) is 2.02. The van der Waals surface area contributed by atoms with Gasteiger partial charge in [-0.05, 0) is 12.8 Å². The quantitative estimate of drug-likeness (QED) is 0.348. The van der Waals surface area contributed by atoms with Crippen LogP contribution in [0, 0.1) is 11.3 Å². The third-order valence-electron chi connectivity index (χ3n) is 0.926. The molecule has 0 atom stereocenters. The standard InChI is InChI=1S/C5H8N2S/c6-3-4-7-8-5-1-2-5/h5,7H,1-2,4H2. The largest absolute Gasteiger partial charge is 0.250 e. The first-order valence-electron chi connectivity index (χ1n) is 2.69. The van der Waals surface area contributed by atoms with Crippen LogP contribution in [0.25, 0.3) is 0 Å². The maximum Gasteiger partial charge on any atom is 0.0931 e. The Labute approximate surface area is 53.4 Å². The van der Waals surface area contributed by atoms with Gasteiger partial charge in [-0.1, -0.05) is 11.9 Å². The predicted octanol–water partition coefficient (Wildman–Crippen LogP) is 0.910. The second-order valence-electron chi connectivity index (χ2n) is 1.80. The van der Waals surface area contributed by atoms with Crippen molar-refractivity contribution < 1.29 is 0 Å². The minimum Gasteiger partial charge on any atom is -0.250 e. The molecule has 0 amide bonds. The molecule has 1 saturated carbocycles. The zero-order chi connectivity index (χ0) is 5.82. The molecule has 0 bridgehead atoms. The van der Waals surface area contributed by atoms with Crippen molar-refractivity contribution in [1.29, 1.82) is 5.26 Å². The monoisotopic (exact) mass is 128 g/mol. The molecule has 1 fully saturated rings. The van der Waals surface area contributed by atoms with E-state index in [9.17, 15) is 0 Å².